The Balaban J connectivity index is 1.79. The highest BCUT2D eigenvalue weighted by atomic mass is 32.2. The van der Waals surface area contributed by atoms with Crippen LogP contribution in [0.4, 0.5) is 4.39 Å². The highest BCUT2D eigenvalue weighted by molar-refractivity contribution is 7.89. The molecule has 0 unspecified atom stereocenters. The van der Waals surface area contributed by atoms with Gasteiger partial charge in [-0.15, -0.1) is 5.10 Å². The molecule has 0 amide bonds. The fourth-order valence-electron chi connectivity index (χ4n) is 3.53. The zero-order chi connectivity index (χ0) is 19.7. The third-order valence-electron chi connectivity index (χ3n) is 5.03. The molecule has 3 heterocycles. The van der Waals surface area contributed by atoms with Gasteiger partial charge in [0, 0.05) is 24.8 Å². The van der Waals surface area contributed by atoms with E-state index in [2.05, 4.69) is 5.10 Å². The molecule has 1 aromatic carbocycles. The molecule has 28 heavy (non-hydrogen) atoms. The van der Waals surface area contributed by atoms with Crippen LogP contribution in [-0.4, -0.2) is 40.0 Å². The van der Waals surface area contributed by atoms with Gasteiger partial charge in [-0.25, -0.2) is 26.7 Å². The molecule has 1 saturated heterocycles. The minimum Gasteiger partial charge on any atom is -0.249 e. The largest absolute Gasteiger partial charge is 0.350 e. The second-order valence-corrected chi connectivity index (χ2v) is 8.82. The van der Waals surface area contributed by atoms with Crippen molar-refractivity contribution >= 4 is 15.7 Å². The second-order valence-electron chi connectivity index (χ2n) is 6.92. The summed E-state index contributed by atoms with van der Waals surface area (Å²) in [5, 5.41) is 4.23. The van der Waals surface area contributed by atoms with Gasteiger partial charge in [0.2, 0.25) is 10.0 Å². The lowest BCUT2D eigenvalue weighted by molar-refractivity contribution is 0.424. The van der Waals surface area contributed by atoms with Crippen molar-refractivity contribution in [1.29, 1.82) is 0 Å². The van der Waals surface area contributed by atoms with Crippen molar-refractivity contribution in [2.75, 3.05) is 13.1 Å². The second kappa shape index (κ2) is 7.48. The predicted molar refractivity (Wildman–Crippen MR) is 102 cm³/mol. The number of rotatable bonds is 4. The summed E-state index contributed by atoms with van der Waals surface area (Å²) < 4.78 is 44.1. The third kappa shape index (κ3) is 3.35. The summed E-state index contributed by atoms with van der Waals surface area (Å²) in [5.74, 6) is -0.441. The maximum absolute atomic E-state index is 14.0. The summed E-state index contributed by atoms with van der Waals surface area (Å²) in [6.45, 7) is 0.851. The van der Waals surface area contributed by atoms with Crippen molar-refractivity contribution in [1.82, 2.24) is 18.5 Å². The minimum absolute atomic E-state index is 0.00119. The monoisotopic (exact) mass is 404 g/mol. The van der Waals surface area contributed by atoms with Crippen LogP contribution < -0.4 is 5.69 Å². The van der Waals surface area contributed by atoms with E-state index in [1.54, 1.807) is 18.2 Å². The lowest BCUT2D eigenvalue weighted by atomic mass is 10.2. The van der Waals surface area contributed by atoms with E-state index in [0.717, 1.165) is 30.4 Å². The van der Waals surface area contributed by atoms with Crippen molar-refractivity contribution in [2.45, 2.75) is 37.1 Å². The number of nitrogens with zero attached hydrogens (tertiary/aromatic N) is 4. The van der Waals surface area contributed by atoms with E-state index in [1.807, 2.05) is 0 Å². The highest BCUT2D eigenvalue weighted by Gasteiger charge is 2.28. The van der Waals surface area contributed by atoms with Crippen LogP contribution in [0.5, 0.6) is 0 Å². The Labute approximate surface area is 162 Å². The molecule has 0 bridgehead atoms. The molecule has 0 spiro atoms. The molecule has 1 aliphatic heterocycles. The topological polar surface area (TPSA) is 76.7 Å². The van der Waals surface area contributed by atoms with Gasteiger partial charge in [-0.1, -0.05) is 31.0 Å². The van der Waals surface area contributed by atoms with E-state index in [-0.39, 0.29) is 17.1 Å². The number of fused-ring (bicyclic) bond motifs is 1. The molecule has 2 aromatic heterocycles. The van der Waals surface area contributed by atoms with Crippen LogP contribution in [0, 0.1) is 5.82 Å². The molecule has 0 saturated carbocycles. The smallest absolute Gasteiger partial charge is 0.249 e. The standard InChI is InChI=1S/C19H21FN4O3S/c20-16-9-4-3-8-15(16)14-24-19(25)23-13-7-10-17(18(23)21-24)28(26,27)22-11-5-1-2-6-12-22/h3-4,7-10,13H,1-2,5-6,11-12,14H2. The van der Waals surface area contributed by atoms with Crippen LogP contribution in [-0.2, 0) is 16.6 Å². The van der Waals surface area contributed by atoms with Crippen molar-refractivity contribution in [3.63, 3.8) is 0 Å². The first-order chi connectivity index (χ1) is 13.5. The van der Waals surface area contributed by atoms with Crippen LogP contribution in [0.2, 0.25) is 0 Å². The van der Waals surface area contributed by atoms with Crippen LogP contribution in [0.25, 0.3) is 5.65 Å². The lowest BCUT2D eigenvalue weighted by Gasteiger charge is -2.19. The van der Waals surface area contributed by atoms with Gasteiger partial charge in [0.25, 0.3) is 0 Å². The lowest BCUT2D eigenvalue weighted by Crippen LogP contribution is -2.32. The summed E-state index contributed by atoms with van der Waals surface area (Å²) in [5.41, 5.74) is -0.135. The molecule has 0 radical (unpaired) electrons. The number of halogens is 1. The molecule has 0 atom stereocenters. The van der Waals surface area contributed by atoms with Gasteiger partial charge < -0.3 is 0 Å². The number of sulfonamides is 1. The number of hydrogen-bond acceptors (Lipinski definition) is 4. The molecular formula is C19H21FN4O3S. The van der Waals surface area contributed by atoms with Gasteiger partial charge in [-0.2, -0.15) is 4.31 Å². The summed E-state index contributed by atoms with van der Waals surface area (Å²) in [4.78, 5) is 12.7. The zero-order valence-electron chi connectivity index (χ0n) is 15.3. The normalized spacial score (nSPS) is 16.3. The molecule has 4 rings (SSSR count). The fraction of sp³-hybridized carbons (Fsp3) is 0.368. The SMILES string of the molecule is O=c1n(Cc2ccccc2F)nc2c(S(=O)(=O)N3CCCCCC3)cccn12. The van der Waals surface area contributed by atoms with E-state index in [4.69, 9.17) is 0 Å². The Morgan fingerprint density at radius 2 is 1.71 bits per heavy atom. The Morgan fingerprint density at radius 3 is 2.43 bits per heavy atom. The molecule has 7 nitrogen and oxygen atoms in total. The van der Waals surface area contributed by atoms with Gasteiger partial charge in [-0.05, 0) is 31.0 Å². The molecule has 0 aliphatic carbocycles. The van der Waals surface area contributed by atoms with Gasteiger partial charge in [0.05, 0.1) is 6.54 Å². The van der Waals surface area contributed by atoms with E-state index in [9.17, 15) is 17.6 Å². The number of benzene rings is 1. The molecule has 1 aliphatic rings. The van der Waals surface area contributed by atoms with Crippen LogP contribution in [0.1, 0.15) is 31.2 Å². The summed E-state index contributed by atoms with van der Waals surface area (Å²) in [6.07, 6.45) is 5.12. The first-order valence-corrected chi connectivity index (χ1v) is 10.7. The average molecular weight is 404 g/mol. The third-order valence-corrected chi connectivity index (χ3v) is 6.95. The minimum atomic E-state index is -3.77. The predicted octanol–water partition coefficient (Wildman–Crippen LogP) is 2.25. The fourth-order valence-corrected chi connectivity index (χ4v) is 5.16. The van der Waals surface area contributed by atoms with E-state index in [1.165, 1.54) is 33.1 Å². The van der Waals surface area contributed by atoms with Crippen molar-refractivity contribution in [3.05, 3.63) is 64.5 Å². The number of aromatic nitrogens is 3. The van der Waals surface area contributed by atoms with Crippen LogP contribution >= 0.6 is 0 Å². The Hall–Kier alpha value is -2.52. The number of hydrogen-bond donors (Lipinski definition) is 0. The van der Waals surface area contributed by atoms with Crippen LogP contribution in [0.3, 0.4) is 0 Å². The van der Waals surface area contributed by atoms with E-state index < -0.39 is 21.5 Å². The first-order valence-electron chi connectivity index (χ1n) is 9.30. The van der Waals surface area contributed by atoms with E-state index >= 15 is 0 Å². The summed E-state index contributed by atoms with van der Waals surface area (Å²) in [7, 11) is -3.77. The molecule has 9 heteroatoms. The highest BCUT2D eigenvalue weighted by Crippen LogP contribution is 2.22. The van der Waals surface area contributed by atoms with Gasteiger partial charge in [0.15, 0.2) is 5.65 Å². The van der Waals surface area contributed by atoms with Gasteiger partial charge >= 0.3 is 5.69 Å². The van der Waals surface area contributed by atoms with Crippen molar-refractivity contribution in [3.8, 4) is 0 Å². The summed E-state index contributed by atoms with van der Waals surface area (Å²) >= 11 is 0. The van der Waals surface area contributed by atoms with Crippen LogP contribution in [0.15, 0.2) is 52.3 Å². The Bertz CT molecular complexity index is 1160. The van der Waals surface area contributed by atoms with Crippen molar-refractivity contribution in [2.24, 2.45) is 0 Å². The zero-order valence-corrected chi connectivity index (χ0v) is 16.1. The quantitative estimate of drug-likeness (QED) is 0.668. The molecule has 148 valence electrons. The maximum atomic E-state index is 14.0. The molecule has 0 N–H and O–H groups in total. The van der Waals surface area contributed by atoms with Gasteiger partial charge in [-0.3, -0.25) is 0 Å². The van der Waals surface area contributed by atoms with E-state index in [0.29, 0.717) is 18.7 Å². The first kappa shape index (κ1) is 18.8. The maximum Gasteiger partial charge on any atom is 0.350 e. The Kier molecular flexibility index (Phi) is 5.03. The average Bonchev–Trinajstić information content (AvgIpc) is 2.87. The summed E-state index contributed by atoms with van der Waals surface area (Å²) in [6, 6.07) is 9.11. The molecule has 3 aromatic rings. The molecular weight excluding hydrogens is 383 g/mol. The molecule has 1 fully saturated rings. The van der Waals surface area contributed by atoms with Gasteiger partial charge in [0.1, 0.15) is 10.7 Å². The number of pyridine rings is 1. The Morgan fingerprint density at radius 1 is 1.00 bits per heavy atom. The van der Waals surface area contributed by atoms with Crippen molar-refractivity contribution < 1.29 is 12.8 Å².